The molecule has 0 saturated carbocycles. The lowest BCUT2D eigenvalue weighted by Crippen LogP contribution is -2.32. The van der Waals surface area contributed by atoms with Crippen LogP contribution in [0.2, 0.25) is 10.0 Å². The Morgan fingerprint density at radius 3 is 2.59 bits per heavy atom. The first kappa shape index (κ1) is 19.0. The number of nitrogens with one attached hydrogen (secondary N) is 1. The van der Waals surface area contributed by atoms with Crippen molar-refractivity contribution in [3.05, 3.63) is 75.4 Å². The van der Waals surface area contributed by atoms with Crippen molar-refractivity contribution in [1.29, 1.82) is 0 Å². The first-order chi connectivity index (χ1) is 14.2. The Bertz CT molecular complexity index is 1010. The van der Waals surface area contributed by atoms with Crippen LogP contribution < -0.4 is 5.32 Å². The zero-order valence-electron chi connectivity index (χ0n) is 16.2. The Hall–Kier alpha value is -2.01. The largest absolute Gasteiger partial charge is 0.369 e. The highest BCUT2D eigenvalue weighted by atomic mass is 35.5. The molecular weight excluding hydrogens is 403 g/mol. The molecule has 0 unspecified atom stereocenters. The van der Waals surface area contributed by atoms with Crippen LogP contribution in [-0.2, 0) is 13.0 Å². The van der Waals surface area contributed by atoms with E-state index in [-0.39, 0.29) is 0 Å². The third-order valence-corrected chi connectivity index (χ3v) is 6.87. The minimum absolute atomic E-state index is 0.495. The Morgan fingerprint density at radius 2 is 1.79 bits per heavy atom. The van der Waals surface area contributed by atoms with E-state index in [2.05, 4.69) is 40.5 Å². The minimum Gasteiger partial charge on any atom is -0.369 e. The molecule has 0 radical (unpaired) electrons. The van der Waals surface area contributed by atoms with Gasteiger partial charge in [-0.2, -0.15) is 5.10 Å². The number of anilines is 1. The van der Waals surface area contributed by atoms with Gasteiger partial charge in [-0.25, -0.2) is 4.68 Å². The molecule has 3 heterocycles. The molecule has 1 fully saturated rings. The summed E-state index contributed by atoms with van der Waals surface area (Å²) in [5.41, 5.74) is 4.82. The maximum atomic E-state index is 6.49. The summed E-state index contributed by atoms with van der Waals surface area (Å²) in [7, 11) is 0. The molecule has 0 spiro atoms. The number of fused-ring (bicyclic) bond motifs is 1. The summed E-state index contributed by atoms with van der Waals surface area (Å²) >= 11 is 12.7. The van der Waals surface area contributed by atoms with Crippen molar-refractivity contribution in [3.8, 4) is 5.69 Å². The molecule has 150 valence electrons. The van der Waals surface area contributed by atoms with Gasteiger partial charge in [-0.05, 0) is 50.0 Å². The maximum Gasteiger partial charge on any atom is 0.133 e. The maximum absolute atomic E-state index is 6.49. The average molecular weight is 427 g/mol. The average Bonchev–Trinajstić information content (AvgIpc) is 3.35. The summed E-state index contributed by atoms with van der Waals surface area (Å²) in [6.07, 6.45) is 3.30. The van der Waals surface area contributed by atoms with Gasteiger partial charge in [0.25, 0.3) is 0 Å². The molecule has 3 aromatic rings. The zero-order chi connectivity index (χ0) is 19.8. The van der Waals surface area contributed by atoms with Gasteiger partial charge in [-0.3, -0.25) is 4.90 Å². The van der Waals surface area contributed by atoms with Crippen LogP contribution in [0.15, 0.2) is 48.5 Å². The van der Waals surface area contributed by atoms with Crippen LogP contribution in [0.4, 0.5) is 5.82 Å². The molecule has 5 rings (SSSR count). The molecule has 0 amide bonds. The lowest BCUT2D eigenvalue weighted by Gasteiger charge is -2.31. The summed E-state index contributed by atoms with van der Waals surface area (Å²) in [5.74, 6) is 1.57. The van der Waals surface area contributed by atoms with Crippen LogP contribution >= 0.6 is 23.2 Å². The number of halogens is 2. The molecule has 0 aliphatic carbocycles. The summed E-state index contributed by atoms with van der Waals surface area (Å²) in [6, 6.07) is 16.4. The van der Waals surface area contributed by atoms with Crippen molar-refractivity contribution in [3.63, 3.8) is 0 Å². The Balaban J connectivity index is 1.37. The van der Waals surface area contributed by atoms with Gasteiger partial charge in [0, 0.05) is 24.6 Å². The van der Waals surface area contributed by atoms with Crippen molar-refractivity contribution in [2.45, 2.75) is 31.7 Å². The third-order valence-electron chi connectivity index (χ3n) is 6.06. The monoisotopic (exact) mass is 426 g/mol. The molecule has 2 aromatic carbocycles. The minimum atomic E-state index is 0.495. The van der Waals surface area contributed by atoms with E-state index in [0.29, 0.717) is 16.0 Å². The second-order valence-corrected chi connectivity index (χ2v) is 8.70. The fourth-order valence-electron chi connectivity index (χ4n) is 4.57. The lowest BCUT2D eigenvalue weighted by atomic mass is 9.90. The smallest absolute Gasteiger partial charge is 0.133 e. The standard InChI is InChI=1S/C23H24Cl2N4/c24-19-7-4-8-20(21(19)25)29-23-18(9-12-26-23)22(27-29)17-10-13-28(14-11-17)15-16-5-2-1-3-6-16/h1-8,17,26H,9-15H2. The van der Waals surface area contributed by atoms with Gasteiger partial charge >= 0.3 is 0 Å². The third kappa shape index (κ3) is 3.65. The van der Waals surface area contributed by atoms with E-state index in [1.807, 2.05) is 22.9 Å². The van der Waals surface area contributed by atoms with Crippen LogP contribution in [0, 0.1) is 0 Å². The Morgan fingerprint density at radius 1 is 1.00 bits per heavy atom. The Kier molecular flexibility index (Phi) is 5.25. The normalized spacial score (nSPS) is 17.3. The van der Waals surface area contributed by atoms with Crippen LogP contribution in [0.3, 0.4) is 0 Å². The number of piperidine rings is 1. The van der Waals surface area contributed by atoms with E-state index in [1.165, 1.54) is 16.8 Å². The van der Waals surface area contributed by atoms with Crippen LogP contribution in [0.5, 0.6) is 0 Å². The van der Waals surface area contributed by atoms with Gasteiger partial charge in [0.2, 0.25) is 0 Å². The van der Waals surface area contributed by atoms with Gasteiger partial charge in [0.15, 0.2) is 0 Å². The highest BCUT2D eigenvalue weighted by Gasteiger charge is 2.30. The molecule has 29 heavy (non-hydrogen) atoms. The van der Waals surface area contributed by atoms with E-state index in [9.17, 15) is 0 Å². The van der Waals surface area contributed by atoms with Gasteiger partial charge in [0.05, 0.1) is 21.4 Å². The molecule has 4 nitrogen and oxygen atoms in total. The fraction of sp³-hybridized carbons (Fsp3) is 0.348. The van der Waals surface area contributed by atoms with E-state index in [4.69, 9.17) is 28.3 Å². The van der Waals surface area contributed by atoms with Crippen molar-refractivity contribution < 1.29 is 0 Å². The van der Waals surface area contributed by atoms with E-state index >= 15 is 0 Å². The second kappa shape index (κ2) is 8.02. The van der Waals surface area contributed by atoms with Crippen LogP contribution in [-0.4, -0.2) is 34.3 Å². The molecule has 1 aromatic heterocycles. The highest BCUT2D eigenvalue weighted by molar-refractivity contribution is 6.43. The Labute approximate surface area is 181 Å². The topological polar surface area (TPSA) is 33.1 Å². The van der Waals surface area contributed by atoms with Crippen LogP contribution in [0.1, 0.15) is 35.6 Å². The molecule has 0 atom stereocenters. The fourth-order valence-corrected chi connectivity index (χ4v) is 4.94. The number of likely N-dealkylation sites (tertiary alicyclic amines) is 1. The number of hydrogen-bond acceptors (Lipinski definition) is 3. The summed E-state index contributed by atoms with van der Waals surface area (Å²) < 4.78 is 1.96. The first-order valence-corrected chi connectivity index (χ1v) is 11.0. The predicted octanol–water partition coefficient (Wildman–Crippen LogP) is 5.53. The number of hydrogen-bond donors (Lipinski definition) is 1. The summed E-state index contributed by atoms with van der Waals surface area (Å²) in [6.45, 7) is 4.18. The van der Waals surface area contributed by atoms with Gasteiger partial charge in [-0.1, -0.05) is 59.6 Å². The number of aromatic nitrogens is 2. The molecule has 1 N–H and O–H groups in total. The van der Waals surface area contributed by atoms with Crippen molar-refractivity contribution >= 4 is 29.0 Å². The summed E-state index contributed by atoms with van der Waals surface area (Å²) in [5, 5.41) is 9.64. The first-order valence-electron chi connectivity index (χ1n) is 10.3. The quantitative estimate of drug-likeness (QED) is 0.595. The van der Waals surface area contributed by atoms with Gasteiger partial charge in [-0.15, -0.1) is 0 Å². The highest BCUT2D eigenvalue weighted by Crippen LogP contribution is 2.39. The molecular formula is C23H24Cl2N4. The zero-order valence-corrected chi connectivity index (χ0v) is 17.8. The molecule has 1 saturated heterocycles. The number of rotatable bonds is 4. The van der Waals surface area contributed by atoms with E-state index in [0.717, 1.165) is 56.9 Å². The van der Waals surface area contributed by atoms with E-state index in [1.54, 1.807) is 0 Å². The van der Waals surface area contributed by atoms with Gasteiger partial charge < -0.3 is 5.32 Å². The molecule has 0 bridgehead atoms. The predicted molar refractivity (Wildman–Crippen MR) is 119 cm³/mol. The van der Waals surface area contributed by atoms with Gasteiger partial charge in [0.1, 0.15) is 5.82 Å². The van der Waals surface area contributed by atoms with Crippen molar-refractivity contribution in [2.75, 3.05) is 25.0 Å². The molecule has 6 heteroatoms. The van der Waals surface area contributed by atoms with Crippen molar-refractivity contribution in [1.82, 2.24) is 14.7 Å². The second-order valence-electron chi connectivity index (χ2n) is 7.91. The van der Waals surface area contributed by atoms with E-state index < -0.39 is 0 Å². The summed E-state index contributed by atoms with van der Waals surface area (Å²) in [4.78, 5) is 2.55. The lowest BCUT2D eigenvalue weighted by molar-refractivity contribution is 0.203. The van der Waals surface area contributed by atoms with Crippen molar-refractivity contribution in [2.24, 2.45) is 0 Å². The SMILES string of the molecule is Clc1cccc(-n2nc(C3CCN(Cc4ccccc4)CC3)c3c2NCC3)c1Cl. The number of nitrogens with zero attached hydrogens (tertiary/aromatic N) is 3. The van der Waals surface area contributed by atoms with Crippen LogP contribution in [0.25, 0.3) is 5.69 Å². The molecule has 2 aliphatic heterocycles. The molecule has 2 aliphatic rings. The number of benzene rings is 2.